The van der Waals surface area contributed by atoms with Crippen LogP contribution in [0.15, 0.2) is 29.3 Å². The Morgan fingerprint density at radius 1 is 1.17 bits per heavy atom. The van der Waals surface area contributed by atoms with Gasteiger partial charge in [-0.3, -0.25) is 4.99 Å². The Bertz CT molecular complexity index is 467. The molecule has 0 heterocycles. The van der Waals surface area contributed by atoms with Crippen molar-refractivity contribution in [2.75, 3.05) is 40.0 Å². The molecule has 0 aliphatic heterocycles. The molecule has 0 aliphatic carbocycles. The summed E-state index contributed by atoms with van der Waals surface area (Å²) in [5.41, 5.74) is 0. The molecule has 0 radical (unpaired) electrons. The Morgan fingerprint density at radius 3 is 2.57 bits per heavy atom. The van der Waals surface area contributed by atoms with E-state index in [1.165, 1.54) is 12.1 Å². The van der Waals surface area contributed by atoms with E-state index >= 15 is 0 Å². The zero-order valence-electron chi connectivity index (χ0n) is 14.3. The van der Waals surface area contributed by atoms with Crippen LogP contribution >= 0.6 is 0 Å². The average molecular weight is 325 g/mol. The lowest BCUT2D eigenvalue weighted by atomic mass is 10.1. The van der Waals surface area contributed by atoms with Crippen LogP contribution < -0.4 is 15.4 Å². The summed E-state index contributed by atoms with van der Waals surface area (Å²) in [6, 6.07) is 6.10. The maximum Gasteiger partial charge on any atom is 0.191 e. The topological polar surface area (TPSA) is 54.9 Å². The van der Waals surface area contributed by atoms with Crippen LogP contribution in [0.1, 0.15) is 20.3 Å². The minimum absolute atomic E-state index is 0.301. The summed E-state index contributed by atoms with van der Waals surface area (Å²) >= 11 is 0. The van der Waals surface area contributed by atoms with Crippen molar-refractivity contribution < 1.29 is 13.9 Å². The van der Waals surface area contributed by atoms with Gasteiger partial charge in [0, 0.05) is 26.3 Å². The molecule has 0 saturated carbocycles. The Kier molecular flexibility index (Phi) is 9.79. The maximum atomic E-state index is 13.0. The molecule has 0 fully saturated rings. The van der Waals surface area contributed by atoms with Gasteiger partial charge in [-0.25, -0.2) is 4.39 Å². The fourth-order valence-corrected chi connectivity index (χ4v) is 1.78. The molecule has 2 N–H and O–H groups in total. The minimum Gasteiger partial charge on any atom is -0.492 e. The molecule has 0 aromatic heterocycles. The largest absolute Gasteiger partial charge is 0.492 e. The predicted molar refractivity (Wildman–Crippen MR) is 91.5 cm³/mol. The highest BCUT2D eigenvalue weighted by Crippen LogP contribution is 2.11. The van der Waals surface area contributed by atoms with Gasteiger partial charge in [0.2, 0.25) is 0 Å². The SMILES string of the molecule is CN=C(NCCOCCC(C)C)NCCOc1cccc(F)c1. The highest BCUT2D eigenvalue weighted by Gasteiger charge is 1.99. The highest BCUT2D eigenvalue weighted by molar-refractivity contribution is 5.79. The molecule has 0 aliphatic rings. The lowest BCUT2D eigenvalue weighted by Crippen LogP contribution is -2.40. The van der Waals surface area contributed by atoms with E-state index in [0.29, 0.717) is 43.9 Å². The number of ether oxygens (including phenoxy) is 2. The molecule has 130 valence electrons. The highest BCUT2D eigenvalue weighted by atomic mass is 19.1. The molecule has 0 saturated heterocycles. The molecule has 1 aromatic rings. The fourth-order valence-electron chi connectivity index (χ4n) is 1.78. The van der Waals surface area contributed by atoms with Gasteiger partial charge in [0.25, 0.3) is 0 Å². The van der Waals surface area contributed by atoms with E-state index in [9.17, 15) is 4.39 Å². The summed E-state index contributed by atoms with van der Waals surface area (Å²) in [5, 5.41) is 6.29. The molecule has 0 spiro atoms. The zero-order chi connectivity index (χ0) is 16.9. The van der Waals surface area contributed by atoms with Gasteiger partial charge in [-0.1, -0.05) is 19.9 Å². The molecule has 5 nitrogen and oxygen atoms in total. The van der Waals surface area contributed by atoms with Crippen LogP contribution in [0.25, 0.3) is 0 Å². The number of halogens is 1. The fraction of sp³-hybridized carbons (Fsp3) is 0.588. The van der Waals surface area contributed by atoms with E-state index in [0.717, 1.165) is 13.0 Å². The Morgan fingerprint density at radius 2 is 1.91 bits per heavy atom. The lowest BCUT2D eigenvalue weighted by molar-refractivity contribution is 0.128. The number of hydrogen-bond donors (Lipinski definition) is 2. The van der Waals surface area contributed by atoms with Gasteiger partial charge in [-0.05, 0) is 24.5 Å². The number of hydrogen-bond acceptors (Lipinski definition) is 3. The van der Waals surface area contributed by atoms with E-state index in [1.54, 1.807) is 19.2 Å². The summed E-state index contributed by atoms with van der Waals surface area (Å²) in [6.07, 6.45) is 1.07. The second-order valence-corrected chi connectivity index (χ2v) is 5.53. The van der Waals surface area contributed by atoms with E-state index in [-0.39, 0.29) is 5.82 Å². The van der Waals surface area contributed by atoms with Gasteiger partial charge in [-0.15, -0.1) is 0 Å². The third-order valence-electron chi connectivity index (χ3n) is 3.06. The Balaban J connectivity index is 2.07. The normalized spacial score (nSPS) is 11.6. The second-order valence-electron chi connectivity index (χ2n) is 5.53. The second kappa shape index (κ2) is 11.7. The first kappa shape index (κ1) is 19.2. The third-order valence-corrected chi connectivity index (χ3v) is 3.06. The van der Waals surface area contributed by atoms with Crippen LogP contribution in [0.3, 0.4) is 0 Å². The van der Waals surface area contributed by atoms with Gasteiger partial charge in [0.05, 0.1) is 13.2 Å². The van der Waals surface area contributed by atoms with Gasteiger partial charge in [0.1, 0.15) is 18.2 Å². The first-order valence-corrected chi connectivity index (χ1v) is 8.02. The number of aliphatic imine (C=N–C) groups is 1. The number of benzene rings is 1. The van der Waals surface area contributed by atoms with Gasteiger partial charge < -0.3 is 20.1 Å². The molecule has 0 atom stereocenters. The van der Waals surface area contributed by atoms with Crippen LogP contribution in [-0.4, -0.2) is 45.9 Å². The van der Waals surface area contributed by atoms with E-state index in [2.05, 4.69) is 29.5 Å². The van der Waals surface area contributed by atoms with Crippen molar-refractivity contribution in [1.82, 2.24) is 10.6 Å². The van der Waals surface area contributed by atoms with Crippen molar-refractivity contribution >= 4 is 5.96 Å². The maximum absolute atomic E-state index is 13.0. The molecule has 1 rings (SSSR count). The molecule has 0 bridgehead atoms. The minimum atomic E-state index is -0.301. The molecule has 23 heavy (non-hydrogen) atoms. The van der Waals surface area contributed by atoms with Crippen molar-refractivity contribution in [2.45, 2.75) is 20.3 Å². The molecular formula is C17H28FN3O2. The summed E-state index contributed by atoms with van der Waals surface area (Å²) < 4.78 is 24.0. The van der Waals surface area contributed by atoms with Crippen LogP contribution in [0.5, 0.6) is 5.75 Å². The van der Waals surface area contributed by atoms with Crippen molar-refractivity contribution in [1.29, 1.82) is 0 Å². The third kappa shape index (κ3) is 9.73. The number of nitrogens with zero attached hydrogens (tertiary/aromatic N) is 1. The average Bonchev–Trinajstić information content (AvgIpc) is 2.52. The molecule has 6 heteroatoms. The summed E-state index contributed by atoms with van der Waals surface area (Å²) in [5.74, 6) is 1.58. The molecule has 0 amide bonds. The number of guanidine groups is 1. The summed E-state index contributed by atoms with van der Waals surface area (Å²) in [6.45, 7) is 7.49. The quantitative estimate of drug-likeness (QED) is 0.394. The Hall–Kier alpha value is -1.82. The predicted octanol–water partition coefficient (Wildman–Crippen LogP) is 2.43. The standard InChI is InChI=1S/C17H28FN3O2/c1-14(2)7-10-22-11-8-20-17(19-3)21-9-12-23-16-6-4-5-15(18)13-16/h4-6,13-14H,7-12H2,1-3H3,(H2,19,20,21). The van der Waals surface area contributed by atoms with Crippen molar-refractivity contribution in [3.05, 3.63) is 30.1 Å². The van der Waals surface area contributed by atoms with E-state index < -0.39 is 0 Å². The number of nitrogens with one attached hydrogen (secondary N) is 2. The smallest absolute Gasteiger partial charge is 0.191 e. The van der Waals surface area contributed by atoms with Gasteiger partial charge >= 0.3 is 0 Å². The van der Waals surface area contributed by atoms with Crippen LogP contribution in [-0.2, 0) is 4.74 Å². The van der Waals surface area contributed by atoms with E-state index in [1.807, 2.05) is 0 Å². The summed E-state index contributed by atoms with van der Waals surface area (Å²) in [4.78, 5) is 4.12. The van der Waals surface area contributed by atoms with Crippen LogP contribution in [0.2, 0.25) is 0 Å². The Labute approximate surface area is 138 Å². The van der Waals surface area contributed by atoms with E-state index in [4.69, 9.17) is 9.47 Å². The van der Waals surface area contributed by atoms with Crippen molar-refractivity contribution in [3.8, 4) is 5.75 Å². The first-order valence-electron chi connectivity index (χ1n) is 8.02. The monoisotopic (exact) mass is 325 g/mol. The number of rotatable bonds is 10. The van der Waals surface area contributed by atoms with Crippen molar-refractivity contribution in [3.63, 3.8) is 0 Å². The van der Waals surface area contributed by atoms with Crippen LogP contribution in [0.4, 0.5) is 4.39 Å². The van der Waals surface area contributed by atoms with Crippen LogP contribution in [0, 0.1) is 11.7 Å². The summed E-state index contributed by atoms with van der Waals surface area (Å²) in [7, 11) is 1.71. The van der Waals surface area contributed by atoms with Crippen molar-refractivity contribution in [2.24, 2.45) is 10.9 Å². The molecule has 0 unspecified atom stereocenters. The molecular weight excluding hydrogens is 297 g/mol. The zero-order valence-corrected chi connectivity index (χ0v) is 14.3. The van der Waals surface area contributed by atoms with Gasteiger partial charge in [-0.2, -0.15) is 0 Å². The lowest BCUT2D eigenvalue weighted by Gasteiger charge is -2.13. The first-order chi connectivity index (χ1) is 11.1. The van der Waals surface area contributed by atoms with Gasteiger partial charge in [0.15, 0.2) is 5.96 Å². The molecule has 1 aromatic carbocycles.